The molecule has 3 rings (SSSR count). The largest absolute Gasteiger partial charge is 0.357 e. The molecule has 25 heavy (non-hydrogen) atoms. The van der Waals surface area contributed by atoms with Crippen LogP contribution in [0.25, 0.3) is 0 Å². The van der Waals surface area contributed by atoms with Crippen molar-refractivity contribution in [3.05, 3.63) is 47.8 Å². The first-order valence-corrected chi connectivity index (χ1v) is 8.93. The lowest BCUT2D eigenvalue weighted by Gasteiger charge is -2.24. The van der Waals surface area contributed by atoms with E-state index in [1.807, 2.05) is 18.2 Å². The SMILES string of the molecule is CC(C)[C@@H]1CCc2cnnn2COC[C@H](Cc2ccccc2)NC1=O. The molecule has 0 saturated heterocycles. The van der Waals surface area contributed by atoms with Crippen LogP contribution >= 0.6 is 0 Å². The first-order valence-electron chi connectivity index (χ1n) is 8.93. The number of rotatable bonds is 3. The van der Waals surface area contributed by atoms with Crippen LogP contribution in [0.3, 0.4) is 0 Å². The number of nitrogens with one attached hydrogen (secondary N) is 1. The van der Waals surface area contributed by atoms with Crippen molar-refractivity contribution in [2.45, 2.75) is 45.9 Å². The third kappa shape index (κ3) is 4.66. The molecule has 0 spiro atoms. The molecule has 2 aromatic rings. The fraction of sp³-hybridized carbons (Fsp3) is 0.526. The van der Waals surface area contributed by atoms with Crippen molar-refractivity contribution in [3.63, 3.8) is 0 Å². The predicted octanol–water partition coefficient (Wildman–Crippen LogP) is 2.20. The molecule has 1 N–H and O–H groups in total. The van der Waals surface area contributed by atoms with E-state index in [2.05, 4.69) is 41.6 Å². The number of aromatic nitrogens is 3. The predicted molar refractivity (Wildman–Crippen MR) is 94.7 cm³/mol. The van der Waals surface area contributed by atoms with Gasteiger partial charge in [-0.1, -0.05) is 49.4 Å². The molecule has 1 amide bonds. The van der Waals surface area contributed by atoms with Crippen molar-refractivity contribution >= 4 is 5.91 Å². The first kappa shape index (κ1) is 17.6. The third-order valence-electron chi connectivity index (χ3n) is 4.75. The molecule has 0 fully saturated rings. The number of carbonyl (C=O) groups excluding carboxylic acids is 1. The number of carbonyl (C=O) groups is 1. The maximum atomic E-state index is 12.8. The number of nitrogens with zero attached hydrogens (tertiary/aromatic N) is 3. The molecule has 0 bridgehead atoms. The maximum absolute atomic E-state index is 12.8. The summed E-state index contributed by atoms with van der Waals surface area (Å²) < 4.78 is 7.61. The Bertz CT molecular complexity index is 684. The highest BCUT2D eigenvalue weighted by atomic mass is 16.5. The molecule has 2 heterocycles. The maximum Gasteiger partial charge on any atom is 0.223 e. The molecule has 1 aliphatic rings. The number of fused-ring (bicyclic) bond motifs is 1. The molecule has 0 aliphatic carbocycles. The molecule has 1 aliphatic heterocycles. The molecule has 0 saturated carbocycles. The second-order valence-corrected chi connectivity index (χ2v) is 7.01. The molecule has 1 aromatic carbocycles. The van der Waals surface area contributed by atoms with Crippen LogP contribution in [0.2, 0.25) is 0 Å². The van der Waals surface area contributed by atoms with Crippen LogP contribution in [0.4, 0.5) is 0 Å². The zero-order valence-electron chi connectivity index (χ0n) is 14.9. The summed E-state index contributed by atoms with van der Waals surface area (Å²) in [6.45, 7) is 5.01. The minimum Gasteiger partial charge on any atom is -0.357 e. The minimum absolute atomic E-state index is 0.0280. The Morgan fingerprint density at radius 3 is 2.88 bits per heavy atom. The van der Waals surface area contributed by atoms with E-state index in [1.165, 1.54) is 5.56 Å². The second-order valence-electron chi connectivity index (χ2n) is 7.01. The van der Waals surface area contributed by atoms with E-state index in [9.17, 15) is 4.79 Å². The van der Waals surface area contributed by atoms with Crippen LogP contribution in [0, 0.1) is 11.8 Å². The Kier molecular flexibility index (Phi) is 5.81. The third-order valence-corrected chi connectivity index (χ3v) is 4.75. The van der Waals surface area contributed by atoms with Crippen LogP contribution in [0.1, 0.15) is 31.5 Å². The topological polar surface area (TPSA) is 69.0 Å². The highest BCUT2D eigenvalue weighted by molar-refractivity contribution is 5.79. The van der Waals surface area contributed by atoms with Gasteiger partial charge in [0.2, 0.25) is 5.91 Å². The summed E-state index contributed by atoms with van der Waals surface area (Å²) in [6, 6.07) is 10.1. The van der Waals surface area contributed by atoms with E-state index in [-0.39, 0.29) is 23.8 Å². The minimum atomic E-state index is -0.0544. The van der Waals surface area contributed by atoms with Crippen molar-refractivity contribution in [3.8, 4) is 0 Å². The van der Waals surface area contributed by atoms with Gasteiger partial charge in [0.25, 0.3) is 0 Å². The smallest absolute Gasteiger partial charge is 0.223 e. The molecule has 6 nitrogen and oxygen atoms in total. The summed E-state index contributed by atoms with van der Waals surface area (Å²) in [5.41, 5.74) is 2.20. The average Bonchev–Trinajstić information content (AvgIpc) is 3.02. The Hall–Kier alpha value is -2.21. The first-order chi connectivity index (χ1) is 12.1. The Morgan fingerprint density at radius 2 is 2.12 bits per heavy atom. The van der Waals surface area contributed by atoms with Crippen molar-refractivity contribution in [2.75, 3.05) is 6.61 Å². The van der Waals surface area contributed by atoms with Crippen LogP contribution in [-0.4, -0.2) is 33.5 Å². The highest BCUT2D eigenvalue weighted by Crippen LogP contribution is 2.19. The molecule has 134 valence electrons. The van der Waals surface area contributed by atoms with Crippen molar-refractivity contribution < 1.29 is 9.53 Å². The van der Waals surface area contributed by atoms with Crippen molar-refractivity contribution in [1.29, 1.82) is 0 Å². The highest BCUT2D eigenvalue weighted by Gasteiger charge is 2.26. The van der Waals surface area contributed by atoms with Gasteiger partial charge in [-0.05, 0) is 30.7 Å². The lowest BCUT2D eigenvalue weighted by Crippen LogP contribution is -2.44. The summed E-state index contributed by atoms with van der Waals surface area (Å²) in [7, 11) is 0. The summed E-state index contributed by atoms with van der Waals surface area (Å²) in [5, 5.41) is 11.3. The van der Waals surface area contributed by atoms with E-state index in [0.29, 0.717) is 13.3 Å². The molecular weight excluding hydrogens is 316 g/mol. The number of hydrogen-bond donors (Lipinski definition) is 1. The van der Waals surface area contributed by atoms with Gasteiger partial charge in [0.1, 0.15) is 6.73 Å². The van der Waals surface area contributed by atoms with Gasteiger partial charge in [0.15, 0.2) is 0 Å². The van der Waals surface area contributed by atoms with Gasteiger partial charge < -0.3 is 10.1 Å². The van der Waals surface area contributed by atoms with Crippen molar-refractivity contribution in [2.24, 2.45) is 11.8 Å². The molecule has 2 atom stereocenters. The zero-order chi connectivity index (χ0) is 17.6. The molecule has 0 radical (unpaired) electrons. The normalized spacial score (nSPS) is 22.1. The van der Waals surface area contributed by atoms with E-state index >= 15 is 0 Å². The monoisotopic (exact) mass is 342 g/mol. The van der Waals surface area contributed by atoms with E-state index in [0.717, 1.165) is 25.0 Å². The number of amides is 1. The molecular formula is C19H26N4O2. The fourth-order valence-corrected chi connectivity index (χ4v) is 3.29. The lowest BCUT2D eigenvalue weighted by atomic mass is 9.89. The standard InChI is InChI=1S/C19H26N4O2/c1-14(2)18-9-8-17-11-20-22-23(17)13-25-12-16(21-19(18)24)10-15-6-4-3-5-7-15/h3-7,11,14,16,18H,8-10,12-13H2,1-2H3,(H,21,24)/t16-,18-/m0/s1. The molecule has 6 heteroatoms. The lowest BCUT2D eigenvalue weighted by molar-refractivity contribution is -0.127. The Morgan fingerprint density at radius 1 is 1.32 bits per heavy atom. The van der Waals surface area contributed by atoms with Gasteiger partial charge in [-0.3, -0.25) is 4.79 Å². The van der Waals surface area contributed by atoms with Crippen LogP contribution in [0.15, 0.2) is 36.5 Å². The van der Waals surface area contributed by atoms with Crippen LogP contribution in [-0.2, 0) is 29.1 Å². The van der Waals surface area contributed by atoms with Gasteiger partial charge >= 0.3 is 0 Å². The summed E-state index contributed by atoms with van der Waals surface area (Å²) in [5.74, 6) is 0.364. The number of ether oxygens (including phenoxy) is 1. The fourth-order valence-electron chi connectivity index (χ4n) is 3.29. The Labute approximate surface area is 148 Å². The molecule has 1 aromatic heterocycles. The van der Waals surface area contributed by atoms with Crippen molar-refractivity contribution in [1.82, 2.24) is 20.3 Å². The Balaban J connectivity index is 1.78. The summed E-state index contributed by atoms with van der Waals surface area (Å²) in [4.78, 5) is 12.8. The summed E-state index contributed by atoms with van der Waals surface area (Å²) in [6.07, 6.45) is 4.07. The van der Waals surface area contributed by atoms with Crippen LogP contribution in [0.5, 0.6) is 0 Å². The number of hydrogen-bond acceptors (Lipinski definition) is 4. The van der Waals surface area contributed by atoms with Crippen LogP contribution < -0.4 is 5.32 Å². The van der Waals surface area contributed by atoms with Gasteiger partial charge in [0, 0.05) is 5.92 Å². The summed E-state index contributed by atoms with van der Waals surface area (Å²) >= 11 is 0. The van der Waals surface area contributed by atoms with Gasteiger partial charge in [-0.25, -0.2) is 4.68 Å². The average molecular weight is 342 g/mol. The van der Waals surface area contributed by atoms with Gasteiger partial charge in [0.05, 0.1) is 24.5 Å². The zero-order valence-corrected chi connectivity index (χ0v) is 14.9. The van der Waals surface area contributed by atoms with E-state index in [1.54, 1.807) is 10.9 Å². The molecule has 0 unspecified atom stereocenters. The quantitative estimate of drug-likeness (QED) is 0.928. The van der Waals surface area contributed by atoms with E-state index in [4.69, 9.17) is 4.74 Å². The van der Waals surface area contributed by atoms with Gasteiger partial charge in [-0.15, -0.1) is 5.10 Å². The number of benzene rings is 1. The van der Waals surface area contributed by atoms with E-state index < -0.39 is 0 Å². The second kappa shape index (κ2) is 8.25. The van der Waals surface area contributed by atoms with Gasteiger partial charge in [-0.2, -0.15) is 0 Å². The number of aryl methyl sites for hydroxylation is 1.